The number of amides is 1. The number of hydrogen-bond acceptors (Lipinski definition) is 3. The average molecular weight is 366 g/mol. The molecule has 0 heterocycles. The van der Waals surface area contributed by atoms with Crippen molar-refractivity contribution in [2.75, 3.05) is 13.2 Å². The van der Waals surface area contributed by atoms with Crippen LogP contribution in [0.3, 0.4) is 0 Å². The lowest BCUT2D eigenvalue weighted by molar-refractivity contribution is -0.128. The van der Waals surface area contributed by atoms with Crippen LogP contribution in [0.2, 0.25) is 5.02 Å². The van der Waals surface area contributed by atoms with Crippen molar-refractivity contribution in [3.63, 3.8) is 0 Å². The van der Waals surface area contributed by atoms with Crippen LogP contribution in [0.15, 0.2) is 42.5 Å². The summed E-state index contributed by atoms with van der Waals surface area (Å²) in [4.78, 5) is 12.2. The van der Waals surface area contributed by atoms with E-state index in [0.29, 0.717) is 30.3 Å². The number of rotatable bonds is 8. The molecule has 1 atom stereocenters. The van der Waals surface area contributed by atoms with Gasteiger partial charge in [-0.25, -0.2) is 4.39 Å². The molecule has 0 saturated carbocycles. The van der Waals surface area contributed by atoms with Crippen molar-refractivity contribution >= 4 is 17.5 Å². The average Bonchev–Trinajstić information content (AvgIpc) is 2.60. The fourth-order valence-corrected chi connectivity index (χ4v) is 2.31. The molecule has 0 aliphatic heterocycles. The van der Waals surface area contributed by atoms with Gasteiger partial charge in [0, 0.05) is 5.02 Å². The first-order valence-electron chi connectivity index (χ1n) is 8.09. The van der Waals surface area contributed by atoms with E-state index in [0.717, 1.165) is 5.56 Å². The van der Waals surface area contributed by atoms with Gasteiger partial charge >= 0.3 is 0 Å². The summed E-state index contributed by atoms with van der Waals surface area (Å²) in [5, 5.41) is 3.36. The van der Waals surface area contributed by atoms with Gasteiger partial charge in [0.25, 0.3) is 5.91 Å². The summed E-state index contributed by atoms with van der Waals surface area (Å²) >= 11 is 6.03. The Kier molecular flexibility index (Phi) is 7.07. The second kappa shape index (κ2) is 9.28. The van der Waals surface area contributed by atoms with E-state index >= 15 is 0 Å². The predicted molar refractivity (Wildman–Crippen MR) is 95.8 cm³/mol. The number of hydrogen-bond donors (Lipinski definition) is 1. The zero-order valence-corrected chi connectivity index (χ0v) is 15.0. The zero-order valence-electron chi connectivity index (χ0n) is 14.2. The first-order valence-corrected chi connectivity index (χ1v) is 8.47. The molecule has 2 rings (SSSR count). The molecule has 0 spiro atoms. The molecule has 4 nitrogen and oxygen atoms in total. The maximum absolute atomic E-state index is 13.6. The lowest BCUT2D eigenvalue weighted by Crippen LogP contribution is -2.39. The van der Waals surface area contributed by atoms with E-state index < -0.39 is 11.9 Å². The lowest BCUT2D eigenvalue weighted by Gasteiger charge is -2.17. The zero-order chi connectivity index (χ0) is 18.2. The quantitative estimate of drug-likeness (QED) is 0.715. The molecule has 0 aliphatic rings. The van der Waals surface area contributed by atoms with Crippen molar-refractivity contribution in [1.29, 1.82) is 0 Å². The van der Waals surface area contributed by atoms with Crippen LogP contribution in [-0.4, -0.2) is 25.2 Å². The summed E-state index contributed by atoms with van der Waals surface area (Å²) in [7, 11) is 0. The Morgan fingerprint density at radius 3 is 2.72 bits per heavy atom. The fraction of sp³-hybridized carbons (Fsp3) is 0.316. The minimum absolute atomic E-state index is 0.0649. The molecule has 0 unspecified atom stereocenters. The molecular formula is C19H21ClFNO3. The molecule has 0 bridgehead atoms. The molecule has 134 valence electrons. The highest BCUT2D eigenvalue weighted by Crippen LogP contribution is 2.21. The number of carbonyl (C=O) groups excluding carboxylic acids is 1. The molecule has 2 aromatic rings. The number of carbonyl (C=O) groups is 1. The van der Waals surface area contributed by atoms with Crippen LogP contribution in [0.4, 0.5) is 4.39 Å². The van der Waals surface area contributed by atoms with Gasteiger partial charge < -0.3 is 14.8 Å². The van der Waals surface area contributed by atoms with Crippen LogP contribution in [0.25, 0.3) is 0 Å². The van der Waals surface area contributed by atoms with E-state index in [1.54, 1.807) is 25.1 Å². The van der Waals surface area contributed by atoms with Crippen molar-refractivity contribution in [3.05, 3.63) is 58.9 Å². The van der Waals surface area contributed by atoms with Crippen LogP contribution in [-0.2, 0) is 4.79 Å². The van der Waals surface area contributed by atoms with Gasteiger partial charge in [0.15, 0.2) is 17.7 Å². The first kappa shape index (κ1) is 19.1. The molecule has 0 aromatic heterocycles. The van der Waals surface area contributed by atoms with E-state index in [2.05, 4.69) is 5.32 Å². The van der Waals surface area contributed by atoms with E-state index in [-0.39, 0.29) is 11.7 Å². The molecular weight excluding hydrogens is 345 g/mol. The minimum atomic E-state index is -0.759. The number of halogens is 2. The number of ether oxygens (including phenoxy) is 2. The van der Waals surface area contributed by atoms with Gasteiger partial charge in [-0.05, 0) is 43.2 Å². The van der Waals surface area contributed by atoms with Gasteiger partial charge in [0.1, 0.15) is 12.4 Å². The van der Waals surface area contributed by atoms with Gasteiger partial charge in [-0.3, -0.25) is 4.79 Å². The van der Waals surface area contributed by atoms with E-state index in [9.17, 15) is 9.18 Å². The molecule has 1 N–H and O–H groups in total. The fourth-order valence-electron chi connectivity index (χ4n) is 2.14. The Morgan fingerprint density at radius 1 is 1.28 bits per heavy atom. The van der Waals surface area contributed by atoms with E-state index in [1.165, 1.54) is 12.1 Å². The Balaban J connectivity index is 1.79. The summed E-state index contributed by atoms with van der Waals surface area (Å²) in [5.74, 6) is -0.0980. The standard InChI is InChI=1S/C19H21ClFNO3/c1-3-17(25-18-7-5-4-6-16(18)21)19(23)22-10-11-24-14-9-8-13(2)15(20)12-14/h4-9,12,17H,3,10-11H2,1-2H3,(H,22,23)/t17-/m1/s1. The second-order valence-corrected chi connectivity index (χ2v) is 5.90. The normalized spacial score (nSPS) is 11.7. The van der Waals surface area contributed by atoms with Crippen LogP contribution >= 0.6 is 11.6 Å². The maximum Gasteiger partial charge on any atom is 0.261 e. The highest BCUT2D eigenvalue weighted by Gasteiger charge is 2.19. The molecule has 2 aromatic carbocycles. The monoisotopic (exact) mass is 365 g/mol. The van der Waals surface area contributed by atoms with Gasteiger partial charge in [-0.1, -0.05) is 36.7 Å². The molecule has 25 heavy (non-hydrogen) atoms. The van der Waals surface area contributed by atoms with Gasteiger partial charge in [-0.15, -0.1) is 0 Å². The summed E-state index contributed by atoms with van der Waals surface area (Å²) in [6.45, 7) is 4.31. The van der Waals surface area contributed by atoms with Gasteiger partial charge in [-0.2, -0.15) is 0 Å². The Labute approximate surface area is 151 Å². The summed E-state index contributed by atoms with van der Waals surface area (Å²) in [6, 6.07) is 11.4. The summed E-state index contributed by atoms with van der Waals surface area (Å²) in [5.41, 5.74) is 0.971. The Morgan fingerprint density at radius 2 is 2.04 bits per heavy atom. The number of nitrogens with one attached hydrogen (secondary N) is 1. The van der Waals surface area contributed by atoms with Crippen molar-refractivity contribution < 1.29 is 18.7 Å². The third-order valence-corrected chi connectivity index (χ3v) is 3.99. The van der Waals surface area contributed by atoms with Crippen LogP contribution in [0.5, 0.6) is 11.5 Å². The maximum atomic E-state index is 13.6. The molecule has 6 heteroatoms. The van der Waals surface area contributed by atoms with Crippen molar-refractivity contribution in [1.82, 2.24) is 5.32 Å². The Hall–Kier alpha value is -2.27. The topological polar surface area (TPSA) is 47.6 Å². The summed E-state index contributed by atoms with van der Waals surface area (Å²) in [6.07, 6.45) is -0.333. The Bertz CT molecular complexity index is 724. The van der Waals surface area contributed by atoms with Crippen LogP contribution in [0.1, 0.15) is 18.9 Å². The molecule has 0 saturated heterocycles. The van der Waals surface area contributed by atoms with Gasteiger partial charge in [0.2, 0.25) is 0 Å². The van der Waals surface area contributed by atoms with Crippen molar-refractivity contribution in [3.8, 4) is 11.5 Å². The van der Waals surface area contributed by atoms with E-state index in [4.69, 9.17) is 21.1 Å². The second-order valence-electron chi connectivity index (χ2n) is 5.50. The highest BCUT2D eigenvalue weighted by molar-refractivity contribution is 6.31. The molecule has 1 amide bonds. The molecule has 0 aliphatic carbocycles. The van der Waals surface area contributed by atoms with Gasteiger partial charge in [0.05, 0.1) is 6.54 Å². The number of para-hydroxylation sites is 1. The van der Waals surface area contributed by atoms with Crippen LogP contribution < -0.4 is 14.8 Å². The first-order chi connectivity index (χ1) is 12.0. The minimum Gasteiger partial charge on any atom is -0.492 e. The predicted octanol–water partition coefficient (Wildman–Crippen LogP) is 4.14. The smallest absolute Gasteiger partial charge is 0.261 e. The van der Waals surface area contributed by atoms with Crippen LogP contribution in [0, 0.1) is 12.7 Å². The van der Waals surface area contributed by atoms with Crippen molar-refractivity contribution in [2.24, 2.45) is 0 Å². The molecule has 0 fully saturated rings. The third-order valence-electron chi connectivity index (χ3n) is 3.58. The SMILES string of the molecule is CC[C@@H](Oc1ccccc1F)C(=O)NCCOc1ccc(C)c(Cl)c1. The number of benzene rings is 2. The number of aryl methyl sites for hydroxylation is 1. The highest BCUT2D eigenvalue weighted by atomic mass is 35.5. The van der Waals surface area contributed by atoms with E-state index in [1.807, 2.05) is 19.1 Å². The molecule has 0 radical (unpaired) electrons. The lowest BCUT2D eigenvalue weighted by atomic mass is 10.2. The van der Waals surface area contributed by atoms with Crippen molar-refractivity contribution in [2.45, 2.75) is 26.4 Å². The third kappa shape index (κ3) is 5.64. The summed E-state index contributed by atoms with van der Waals surface area (Å²) < 4.78 is 24.6. The largest absolute Gasteiger partial charge is 0.492 e.